The number of hydrogen-bond acceptors (Lipinski definition) is 4. The fraction of sp³-hybridized carbons (Fsp3) is 0.400. The van der Waals surface area contributed by atoms with Crippen molar-refractivity contribution in [3.63, 3.8) is 0 Å². The van der Waals surface area contributed by atoms with E-state index >= 15 is 0 Å². The van der Waals surface area contributed by atoms with Crippen molar-refractivity contribution in [3.05, 3.63) is 40.8 Å². The van der Waals surface area contributed by atoms with Crippen LogP contribution in [-0.4, -0.2) is 48.2 Å². The second-order valence-corrected chi connectivity index (χ2v) is 12.6. The number of aromatic nitrogens is 3. The summed E-state index contributed by atoms with van der Waals surface area (Å²) in [6, 6.07) is 1.37. The molecule has 2 aromatic rings. The van der Waals surface area contributed by atoms with E-state index in [0.29, 0.717) is 23.3 Å². The van der Waals surface area contributed by atoms with Gasteiger partial charge in [0.25, 0.3) is 0 Å². The maximum absolute atomic E-state index is 13.8. The Morgan fingerprint density at radius 3 is 2.87 bits per heavy atom. The molecule has 0 aromatic carbocycles. The molecule has 0 aliphatic carbocycles. The number of hydrogen-bond donors (Lipinski definition) is 0. The van der Waals surface area contributed by atoms with Gasteiger partial charge in [-0.2, -0.15) is 0 Å². The van der Waals surface area contributed by atoms with Crippen LogP contribution in [0.1, 0.15) is 5.69 Å². The van der Waals surface area contributed by atoms with Gasteiger partial charge < -0.3 is 4.74 Å². The Balaban J connectivity index is 1.88. The van der Waals surface area contributed by atoms with E-state index in [4.69, 9.17) is 4.74 Å². The maximum Gasteiger partial charge on any atom is 0.174 e. The number of aliphatic imine (C=N–C) groups is 1. The zero-order valence-corrected chi connectivity index (χ0v) is 16.0. The molecule has 124 valence electrons. The predicted octanol–water partition coefficient (Wildman–Crippen LogP) is 3.48. The highest BCUT2D eigenvalue weighted by molar-refractivity contribution is 9.10. The molecule has 2 rings (SSSR count). The average molecular weight is 399 g/mol. The van der Waals surface area contributed by atoms with Crippen molar-refractivity contribution in [3.8, 4) is 5.82 Å². The molecule has 2 aromatic heterocycles. The summed E-state index contributed by atoms with van der Waals surface area (Å²) in [6.07, 6.45) is 7.24. The molecule has 0 N–H and O–H groups in total. The van der Waals surface area contributed by atoms with E-state index in [9.17, 15) is 4.39 Å². The van der Waals surface area contributed by atoms with Gasteiger partial charge in [-0.05, 0) is 22.0 Å². The van der Waals surface area contributed by atoms with E-state index < -0.39 is 13.9 Å². The Labute approximate surface area is 144 Å². The molecule has 0 spiro atoms. The van der Waals surface area contributed by atoms with Crippen LogP contribution in [0.25, 0.3) is 5.82 Å². The molecule has 0 amide bonds. The van der Waals surface area contributed by atoms with Crippen molar-refractivity contribution in [1.29, 1.82) is 0 Å². The third-order valence-corrected chi connectivity index (χ3v) is 4.26. The first kappa shape index (κ1) is 18.0. The monoisotopic (exact) mass is 398 g/mol. The van der Waals surface area contributed by atoms with Crippen LogP contribution in [0.4, 0.5) is 4.39 Å². The minimum atomic E-state index is -1.16. The number of pyridine rings is 1. The molecular weight excluding hydrogens is 379 g/mol. The van der Waals surface area contributed by atoms with Crippen LogP contribution in [0.5, 0.6) is 0 Å². The number of nitrogens with zero attached hydrogens (tertiary/aromatic N) is 4. The number of imidazole rings is 1. The quantitative estimate of drug-likeness (QED) is 0.407. The summed E-state index contributed by atoms with van der Waals surface area (Å²) < 4.78 is 21.6. The first-order valence-electron chi connectivity index (χ1n) is 7.28. The van der Waals surface area contributed by atoms with Crippen molar-refractivity contribution in [2.75, 3.05) is 19.4 Å². The fourth-order valence-electron chi connectivity index (χ4n) is 1.77. The third kappa shape index (κ3) is 5.96. The second kappa shape index (κ2) is 7.94. The summed E-state index contributed by atoms with van der Waals surface area (Å²) >= 11 is 3.18. The molecule has 0 aliphatic rings. The highest BCUT2D eigenvalue weighted by atomic mass is 79.9. The van der Waals surface area contributed by atoms with Gasteiger partial charge in [0.2, 0.25) is 0 Å². The summed E-state index contributed by atoms with van der Waals surface area (Å²) in [5.41, 5.74) is 0.652. The molecule has 0 aliphatic heterocycles. The van der Waals surface area contributed by atoms with E-state index in [1.165, 1.54) is 17.0 Å². The van der Waals surface area contributed by atoms with Gasteiger partial charge in [0, 0.05) is 29.3 Å². The van der Waals surface area contributed by atoms with E-state index in [2.05, 4.69) is 50.5 Å². The van der Waals surface area contributed by atoms with Crippen molar-refractivity contribution < 1.29 is 9.13 Å². The first-order valence-corrected chi connectivity index (χ1v) is 11.8. The van der Waals surface area contributed by atoms with Crippen LogP contribution in [-0.2, 0) is 4.74 Å². The van der Waals surface area contributed by atoms with E-state index in [0.717, 1.165) is 6.23 Å². The lowest BCUT2D eigenvalue weighted by Gasteiger charge is -2.14. The second-order valence-electron chi connectivity index (χ2n) is 6.31. The lowest BCUT2D eigenvalue weighted by molar-refractivity contribution is 0.182. The van der Waals surface area contributed by atoms with Crippen molar-refractivity contribution in [1.82, 2.24) is 14.5 Å². The Morgan fingerprint density at radius 1 is 1.39 bits per heavy atom. The van der Waals surface area contributed by atoms with Crippen molar-refractivity contribution in [2.45, 2.75) is 19.6 Å². The smallest absolute Gasteiger partial charge is 0.174 e. The Hall–Kier alpha value is -1.38. The van der Waals surface area contributed by atoms with Crippen LogP contribution >= 0.6 is 15.9 Å². The van der Waals surface area contributed by atoms with Crippen molar-refractivity contribution >= 4 is 30.2 Å². The molecule has 0 fully saturated rings. The molecule has 23 heavy (non-hydrogen) atoms. The van der Waals surface area contributed by atoms with Gasteiger partial charge in [0.05, 0.1) is 26.9 Å². The van der Waals surface area contributed by atoms with E-state index in [-0.39, 0.29) is 5.82 Å². The van der Waals surface area contributed by atoms with Crippen molar-refractivity contribution in [2.24, 2.45) is 4.99 Å². The SMILES string of the molecule is C[Si](C)(C)COCCN=Cc1cn(-c2ncc(Br)cc2F)cn1. The minimum absolute atomic E-state index is 0.207. The molecule has 5 nitrogen and oxygen atoms in total. The first-order chi connectivity index (χ1) is 10.8. The van der Waals surface area contributed by atoms with Gasteiger partial charge in [-0.1, -0.05) is 19.6 Å². The number of ether oxygens (including phenoxy) is 1. The summed E-state index contributed by atoms with van der Waals surface area (Å²) in [5.74, 6) is -0.209. The van der Waals surface area contributed by atoms with Gasteiger partial charge in [0.1, 0.15) is 6.33 Å². The van der Waals surface area contributed by atoms with Gasteiger partial charge in [-0.25, -0.2) is 14.4 Å². The molecule has 0 bridgehead atoms. The van der Waals surface area contributed by atoms with Crippen LogP contribution in [0.2, 0.25) is 19.6 Å². The van der Waals surface area contributed by atoms with E-state index in [1.807, 2.05) is 0 Å². The largest absolute Gasteiger partial charge is 0.383 e. The summed E-state index contributed by atoms with van der Waals surface area (Å²) in [5, 5.41) is 0. The van der Waals surface area contributed by atoms with Gasteiger partial charge >= 0.3 is 0 Å². The molecule has 0 atom stereocenters. The van der Waals surface area contributed by atoms with Gasteiger partial charge in [0.15, 0.2) is 11.6 Å². The summed E-state index contributed by atoms with van der Waals surface area (Å²) in [7, 11) is -1.16. The molecule has 0 radical (unpaired) electrons. The molecule has 0 saturated heterocycles. The number of halogens is 2. The average Bonchev–Trinajstić information content (AvgIpc) is 2.90. The van der Waals surface area contributed by atoms with Gasteiger partial charge in [-0.3, -0.25) is 9.56 Å². The molecular formula is C15H20BrFN4OSi. The Morgan fingerprint density at radius 2 is 2.17 bits per heavy atom. The van der Waals surface area contributed by atoms with Crippen LogP contribution < -0.4 is 0 Å². The molecule has 0 unspecified atom stereocenters. The molecule has 8 heteroatoms. The Kier molecular flexibility index (Phi) is 6.20. The lowest BCUT2D eigenvalue weighted by Crippen LogP contribution is -2.28. The highest BCUT2D eigenvalue weighted by Gasteiger charge is 2.12. The van der Waals surface area contributed by atoms with Crippen LogP contribution in [0.3, 0.4) is 0 Å². The topological polar surface area (TPSA) is 52.3 Å². The normalized spacial score (nSPS) is 12.2. The van der Waals surface area contributed by atoms with Gasteiger partial charge in [-0.15, -0.1) is 0 Å². The summed E-state index contributed by atoms with van der Waals surface area (Å²) in [6.45, 7) is 7.97. The molecule has 0 saturated carbocycles. The maximum atomic E-state index is 13.8. The lowest BCUT2D eigenvalue weighted by atomic mass is 10.4. The third-order valence-electron chi connectivity index (χ3n) is 2.76. The Bertz CT molecular complexity index is 684. The zero-order chi connectivity index (χ0) is 16.9. The van der Waals surface area contributed by atoms with E-state index in [1.54, 1.807) is 18.6 Å². The minimum Gasteiger partial charge on any atom is -0.383 e. The zero-order valence-electron chi connectivity index (χ0n) is 13.5. The highest BCUT2D eigenvalue weighted by Crippen LogP contribution is 2.15. The van der Waals surface area contributed by atoms with Crippen LogP contribution in [0.15, 0.2) is 34.3 Å². The standard InChI is InChI=1S/C15H20BrFN4OSi/c1-23(2,3)11-22-5-4-18-8-13-9-21(10-20-13)15-14(17)6-12(16)7-19-15/h6-10H,4-5,11H2,1-3H3. The van der Waals surface area contributed by atoms with Crippen LogP contribution in [0, 0.1) is 5.82 Å². The predicted molar refractivity (Wildman–Crippen MR) is 95.6 cm³/mol. The number of rotatable bonds is 7. The summed E-state index contributed by atoms with van der Waals surface area (Å²) in [4.78, 5) is 12.5. The fourth-order valence-corrected chi connectivity index (χ4v) is 2.83. The molecule has 2 heterocycles.